The smallest absolute Gasteiger partial charge is 0.154 e. The molecule has 1 aliphatic rings. The van der Waals surface area contributed by atoms with Crippen molar-refractivity contribution in [2.45, 2.75) is 37.5 Å². The third-order valence-electron chi connectivity index (χ3n) is 4.57. The summed E-state index contributed by atoms with van der Waals surface area (Å²) in [6, 6.07) is 2.89. The molecule has 0 saturated carbocycles. The predicted molar refractivity (Wildman–Crippen MR) is 87.4 cm³/mol. The second-order valence-electron chi connectivity index (χ2n) is 6.57. The van der Waals surface area contributed by atoms with Crippen LogP contribution in [0, 0.1) is 11.7 Å². The lowest BCUT2D eigenvalue weighted by Gasteiger charge is -2.37. The number of hydrogen-bond acceptors (Lipinski definition) is 5. The summed E-state index contributed by atoms with van der Waals surface area (Å²) < 4.78 is 42.2. The molecule has 2 heterocycles. The summed E-state index contributed by atoms with van der Waals surface area (Å²) in [5, 5.41) is 3.35. The molecule has 130 valence electrons. The van der Waals surface area contributed by atoms with Crippen molar-refractivity contribution in [3.63, 3.8) is 0 Å². The van der Waals surface area contributed by atoms with E-state index in [0.29, 0.717) is 32.6 Å². The van der Waals surface area contributed by atoms with E-state index in [1.54, 1.807) is 6.07 Å². The zero-order valence-corrected chi connectivity index (χ0v) is 14.7. The minimum Gasteiger partial charge on any atom is -0.381 e. The number of aromatic nitrogens is 1. The number of nitrogens with one attached hydrogen (secondary N) is 1. The molecular weight excluding hydrogens is 319 g/mol. The zero-order chi connectivity index (χ0) is 17.1. The maximum atomic E-state index is 13.1. The zero-order valence-electron chi connectivity index (χ0n) is 13.9. The first-order chi connectivity index (χ1) is 10.8. The predicted octanol–water partition coefficient (Wildman–Crippen LogP) is 2.10. The van der Waals surface area contributed by atoms with Gasteiger partial charge in [0.2, 0.25) is 0 Å². The average molecular weight is 344 g/mol. The van der Waals surface area contributed by atoms with E-state index in [-0.39, 0.29) is 17.8 Å². The van der Waals surface area contributed by atoms with Crippen molar-refractivity contribution in [1.82, 2.24) is 10.3 Å². The fraction of sp³-hybridized carbons (Fsp3) is 0.688. The van der Waals surface area contributed by atoms with Gasteiger partial charge in [0.05, 0.1) is 22.7 Å². The van der Waals surface area contributed by atoms with Gasteiger partial charge in [0.25, 0.3) is 0 Å². The number of sulfone groups is 1. The van der Waals surface area contributed by atoms with Crippen molar-refractivity contribution in [1.29, 1.82) is 0 Å². The van der Waals surface area contributed by atoms with E-state index in [9.17, 15) is 12.8 Å². The molecule has 5 nitrogen and oxygen atoms in total. The van der Waals surface area contributed by atoms with Crippen molar-refractivity contribution in [2.75, 3.05) is 26.0 Å². The molecule has 0 bridgehead atoms. The molecule has 1 aliphatic heterocycles. The summed E-state index contributed by atoms with van der Waals surface area (Å²) in [4.78, 5) is 4.14. The number of halogens is 1. The van der Waals surface area contributed by atoms with Crippen LogP contribution in [-0.2, 0) is 14.6 Å². The van der Waals surface area contributed by atoms with Crippen LogP contribution in [0.25, 0.3) is 0 Å². The first-order valence-electron chi connectivity index (χ1n) is 7.87. The Morgan fingerprint density at radius 2 is 2.00 bits per heavy atom. The normalized spacial score (nSPS) is 19.7. The van der Waals surface area contributed by atoms with E-state index in [1.807, 2.05) is 13.8 Å². The van der Waals surface area contributed by atoms with E-state index in [0.717, 1.165) is 5.69 Å². The first-order valence-corrected chi connectivity index (χ1v) is 9.76. The second-order valence-corrected chi connectivity index (χ2v) is 8.98. The van der Waals surface area contributed by atoms with Crippen molar-refractivity contribution in [3.05, 3.63) is 29.8 Å². The molecule has 0 amide bonds. The summed E-state index contributed by atoms with van der Waals surface area (Å²) in [5.74, 6) is -0.183. The van der Waals surface area contributed by atoms with Crippen molar-refractivity contribution in [3.8, 4) is 0 Å². The van der Waals surface area contributed by atoms with Gasteiger partial charge in [0.1, 0.15) is 5.82 Å². The van der Waals surface area contributed by atoms with Crippen LogP contribution in [-0.4, -0.2) is 44.2 Å². The Balaban J connectivity index is 2.18. The first kappa shape index (κ1) is 18.3. The molecule has 0 aliphatic carbocycles. The third kappa shape index (κ3) is 4.28. The fourth-order valence-electron chi connectivity index (χ4n) is 2.97. The van der Waals surface area contributed by atoms with E-state index < -0.39 is 14.6 Å². The second kappa shape index (κ2) is 7.23. The number of hydrogen-bond donors (Lipinski definition) is 1. The van der Waals surface area contributed by atoms with Gasteiger partial charge in [-0.25, -0.2) is 12.8 Å². The number of rotatable bonds is 6. The van der Waals surface area contributed by atoms with Crippen molar-refractivity contribution >= 4 is 9.84 Å². The van der Waals surface area contributed by atoms with Gasteiger partial charge in [-0.05, 0) is 30.9 Å². The Labute approximate surface area is 137 Å². The Morgan fingerprint density at radius 1 is 1.35 bits per heavy atom. The number of pyridine rings is 1. The quantitative estimate of drug-likeness (QED) is 0.856. The molecule has 1 saturated heterocycles. The van der Waals surface area contributed by atoms with E-state index in [1.165, 1.54) is 18.5 Å². The van der Waals surface area contributed by atoms with Gasteiger partial charge >= 0.3 is 0 Å². The van der Waals surface area contributed by atoms with Gasteiger partial charge in [-0.15, -0.1) is 0 Å². The SMILES string of the molecule is CC(C)C(NCC1(S(C)(=O)=O)CCOCC1)c1ccc(F)cn1. The summed E-state index contributed by atoms with van der Waals surface area (Å²) in [5.41, 5.74) is 0.720. The maximum absolute atomic E-state index is 13.1. The monoisotopic (exact) mass is 344 g/mol. The van der Waals surface area contributed by atoms with Gasteiger partial charge in [0.15, 0.2) is 9.84 Å². The third-order valence-corrected chi connectivity index (χ3v) is 6.70. The molecule has 1 aromatic heterocycles. The van der Waals surface area contributed by atoms with Crippen LogP contribution < -0.4 is 5.32 Å². The Bertz CT molecular complexity index is 611. The van der Waals surface area contributed by atoms with Crippen LogP contribution in [0.4, 0.5) is 4.39 Å². The molecule has 1 atom stereocenters. The molecule has 23 heavy (non-hydrogen) atoms. The lowest BCUT2D eigenvalue weighted by atomic mass is 9.95. The molecule has 1 unspecified atom stereocenters. The standard InChI is InChI=1S/C16H25FN2O3S/c1-12(2)15(14-5-4-13(17)10-18-14)19-11-16(23(3,20)21)6-8-22-9-7-16/h4-5,10,12,15,19H,6-9,11H2,1-3H3. The molecule has 1 aromatic rings. The molecule has 1 N–H and O–H groups in total. The largest absolute Gasteiger partial charge is 0.381 e. The van der Waals surface area contributed by atoms with Crippen LogP contribution in [0.2, 0.25) is 0 Å². The minimum atomic E-state index is -3.22. The van der Waals surface area contributed by atoms with Gasteiger partial charge in [-0.1, -0.05) is 13.8 Å². The number of nitrogens with zero attached hydrogens (tertiary/aromatic N) is 1. The minimum absolute atomic E-state index is 0.128. The fourth-order valence-corrected chi connectivity index (χ4v) is 4.22. The topological polar surface area (TPSA) is 68.3 Å². The molecular formula is C16H25FN2O3S. The van der Waals surface area contributed by atoms with Crippen molar-refractivity contribution < 1.29 is 17.5 Å². The maximum Gasteiger partial charge on any atom is 0.154 e. The van der Waals surface area contributed by atoms with Crippen molar-refractivity contribution in [2.24, 2.45) is 5.92 Å². The van der Waals surface area contributed by atoms with E-state index >= 15 is 0 Å². The van der Waals surface area contributed by atoms with E-state index in [2.05, 4.69) is 10.3 Å². The number of ether oxygens (including phenoxy) is 1. The molecule has 2 rings (SSSR count). The van der Waals surface area contributed by atoms with Crippen LogP contribution in [0.1, 0.15) is 38.4 Å². The average Bonchev–Trinajstić information content (AvgIpc) is 2.49. The van der Waals surface area contributed by atoms with Crippen LogP contribution in [0.15, 0.2) is 18.3 Å². The molecule has 0 radical (unpaired) electrons. The van der Waals surface area contributed by atoms with Crippen LogP contribution >= 0.6 is 0 Å². The van der Waals surface area contributed by atoms with Gasteiger partial charge < -0.3 is 10.1 Å². The van der Waals surface area contributed by atoms with E-state index in [4.69, 9.17) is 4.74 Å². The Kier molecular flexibility index (Phi) is 5.75. The van der Waals surface area contributed by atoms with Crippen LogP contribution in [0.3, 0.4) is 0 Å². The Hall–Kier alpha value is -1.05. The van der Waals surface area contributed by atoms with Gasteiger partial charge in [-0.2, -0.15) is 0 Å². The summed E-state index contributed by atoms with van der Waals surface area (Å²) in [6.07, 6.45) is 3.45. The highest BCUT2D eigenvalue weighted by atomic mass is 32.2. The highest BCUT2D eigenvalue weighted by Gasteiger charge is 2.42. The Morgan fingerprint density at radius 3 is 2.48 bits per heavy atom. The van der Waals surface area contributed by atoms with Crippen LogP contribution in [0.5, 0.6) is 0 Å². The highest BCUT2D eigenvalue weighted by Crippen LogP contribution is 2.30. The van der Waals surface area contributed by atoms with Gasteiger partial charge in [-0.3, -0.25) is 4.98 Å². The molecule has 0 spiro atoms. The summed E-state index contributed by atoms with van der Waals surface area (Å²) in [6.45, 7) is 5.31. The molecule has 1 fully saturated rings. The lowest BCUT2D eigenvalue weighted by molar-refractivity contribution is 0.0732. The summed E-state index contributed by atoms with van der Waals surface area (Å²) in [7, 11) is -3.22. The summed E-state index contributed by atoms with van der Waals surface area (Å²) >= 11 is 0. The van der Waals surface area contributed by atoms with Gasteiger partial charge in [0, 0.05) is 26.0 Å². The molecule has 7 heteroatoms. The molecule has 0 aromatic carbocycles. The lowest BCUT2D eigenvalue weighted by Crippen LogP contribution is -2.51. The highest BCUT2D eigenvalue weighted by molar-refractivity contribution is 7.92.